The second kappa shape index (κ2) is 9.30. The van der Waals surface area contributed by atoms with Gasteiger partial charge >= 0.3 is 0 Å². The fraction of sp³-hybridized carbons (Fsp3) is 0.333. The zero-order chi connectivity index (χ0) is 19.1. The van der Waals surface area contributed by atoms with Gasteiger partial charge in [-0.15, -0.1) is 0 Å². The first-order valence-corrected chi connectivity index (χ1v) is 9.25. The molecule has 1 heterocycles. The van der Waals surface area contributed by atoms with Crippen molar-refractivity contribution in [2.75, 3.05) is 39.8 Å². The van der Waals surface area contributed by atoms with Crippen LogP contribution in [0.3, 0.4) is 0 Å². The predicted molar refractivity (Wildman–Crippen MR) is 106 cm³/mol. The predicted octanol–water partition coefficient (Wildman–Crippen LogP) is 1.42. The Labute approximate surface area is 160 Å². The molecule has 6 nitrogen and oxygen atoms in total. The van der Waals surface area contributed by atoms with Crippen LogP contribution in [0.5, 0.6) is 0 Å². The lowest BCUT2D eigenvalue weighted by atomic mass is 10.2. The zero-order valence-corrected chi connectivity index (χ0v) is 15.6. The molecule has 2 aromatic carbocycles. The summed E-state index contributed by atoms with van der Waals surface area (Å²) in [4.78, 5) is 29.5. The monoisotopic (exact) mass is 366 g/mol. The van der Waals surface area contributed by atoms with E-state index in [1.807, 2.05) is 36.4 Å². The molecule has 3 rings (SSSR count). The summed E-state index contributed by atoms with van der Waals surface area (Å²) >= 11 is 0. The minimum Gasteiger partial charge on any atom is -0.349 e. The highest BCUT2D eigenvalue weighted by Crippen LogP contribution is 2.06. The lowest BCUT2D eigenvalue weighted by Crippen LogP contribution is -2.59. The number of hydrogen-bond acceptors (Lipinski definition) is 4. The molecule has 27 heavy (non-hydrogen) atoms. The fourth-order valence-electron chi connectivity index (χ4n) is 3.11. The largest absolute Gasteiger partial charge is 0.349 e. The van der Waals surface area contributed by atoms with Crippen LogP contribution in [-0.4, -0.2) is 67.6 Å². The van der Waals surface area contributed by atoms with E-state index in [0.717, 1.165) is 26.2 Å². The second-order valence-electron chi connectivity index (χ2n) is 6.77. The fourth-order valence-corrected chi connectivity index (χ4v) is 3.11. The Hall–Kier alpha value is -2.70. The van der Waals surface area contributed by atoms with Gasteiger partial charge in [-0.25, -0.2) is 0 Å². The summed E-state index contributed by atoms with van der Waals surface area (Å²) in [5.74, 6) is -0.267. The van der Waals surface area contributed by atoms with E-state index in [4.69, 9.17) is 0 Å². The lowest BCUT2D eigenvalue weighted by molar-refractivity contribution is 0.0692. The molecule has 0 saturated carbocycles. The molecule has 1 fully saturated rings. The van der Waals surface area contributed by atoms with Gasteiger partial charge < -0.3 is 15.5 Å². The van der Waals surface area contributed by atoms with Crippen molar-refractivity contribution in [3.05, 3.63) is 71.8 Å². The van der Waals surface area contributed by atoms with Gasteiger partial charge in [-0.1, -0.05) is 36.4 Å². The van der Waals surface area contributed by atoms with Crippen LogP contribution in [0.15, 0.2) is 60.7 Å². The molecule has 1 saturated heterocycles. The summed E-state index contributed by atoms with van der Waals surface area (Å²) < 4.78 is 0. The molecule has 0 aliphatic carbocycles. The van der Waals surface area contributed by atoms with Crippen molar-refractivity contribution in [1.29, 1.82) is 0 Å². The molecule has 1 aliphatic heterocycles. The molecule has 6 heteroatoms. The molecule has 1 unspecified atom stereocenters. The number of nitrogens with one attached hydrogen (secondary N) is 2. The summed E-state index contributed by atoms with van der Waals surface area (Å²) in [6, 6.07) is 18.3. The van der Waals surface area contributed by atoms with Crippen molar-refractivity contribution in [3.8, 4) is 0 Å². The normalized spacial score (nSPS) is 16.5. The van der Waals surface area contributed by atoms with Gasteiger partial charge in [-0.3, -0.25) is 14.5 Å². The molecule has 2 aromatic rings. The minimum absolute atomic E-state index is 0.131. The van der Waals surface area contributed by atoms with Gasteiger partial charge in [0.05, 0.1) is 12.7 Å². The van der Waals surface area contributed by atoms with Crippen LogP contribution >= 0.6 is 0 Å². The smallest absolute Gasteiger partial charge is 0.252 e. The molecular weight excluding hydrogens is 340 g/mol. The average Bonchev–Trinajstić information content (AvgIpc) is 2.72. The topological polar surface area (TPSA) is 64.7 Å². The minimum atomic E-state index is -0.251. The van der Waals surface area contributed by atoms with Crippen molar-refractivity contribution in [2.45, 2.75) is 6.17 Å². The first-order chi connectivity index (χ1) is 13.1. The van der Waals surface area contributed by atoms with Crippen LogP contribution < -0.4 is 10.6 Å². The first kappa shape index (κ1) is 19.1. The van der Waals surface area contributed by atoms with Crippen LogP contribution in [0, 0.1) is 0 Å². The van der Waals surface area contributed by atoms with E-state index in [1.165, 1.54) is 0 Å². The van der Waals surface area contributed by atoms with E-state index in [0.29, 0.717) is 17.7 Å². The molecule has 0 aromatic heterocycles. The van der Waals surface area contributed by atoms with Gasteiger partial charge in [0.2, 0.25) is 0 Å². The quantitative estimate of drug-likeness (QED) is 0.812. The van der Waals surface area contributed by atoms with Gasteiger partial charge in [0.25, 0.3) is 11.8 Å². The van der Waals surface area contributed by atoms with E-state index in [1.54, 1.807) is 24.3 Å². The molecule has 0 bridgehead atoms. The molecule has 1 atom stereocenters. The summed E-state index contributed by atoms with van der Waals surface area (Å²) in [5.41, 5.74) is 1.23. The van der Waals surface area contributed by atoms with E-state index < -0.39 is 0 Å². The summed E-state index contributed by atoms with van der Waals surface area (Å²) in [5, 5.41) is 6.03. The third kappa shape index (κ3) is 5.39. The van der Waals surface area contributed by atoms with Crippen molar-refractivity contribution < 1.29 is 9.59 Å². The first-order valence-electron chi connectivity index (χ1n) is 9.25. The number of likely N-dealkylation sites (N-methyl/N-ethyl adjacent to an activating group) is 1. The van der Waals surface area contributed by atoms with Gasteiger partial charge in [0.15, 0.2) is 0 Å². The molecule has 2 amide bonds. The van der Waals surface area contributed by atoms with Gasteiger partial charge in [-0.05, 0) is 31.3 Å². The van der Waals surface area contributed by atoms with Gasteiger partial charge in [0.1, 0.15) is 0 Å². The van der Waals surface area contributed by atoms with E-state index in [2.05, 4.69) is 27.5 Å². The number of benzene rings is 2. The summed E-state index contributed by atoms with van der Waals surface area (Å²) in [6.45, 7) is 3.92. The maximum atomic E-state index is 12.6. The Bertz CT molecular complexity index is 743. The van der Waals surface area contributed by atoms with E-state index in [9.17, 15) is 9.59 Å². The standard InChI is InChI=1S/C21H26N4O2/c1-24-12-14-25(15-13-24)19(23-21(27)18-10-6-3-7-11-18)16-22-20(26)17-8-4-2-5-9-17/h2-11,19H,12-16H2,1H3,(H,22,26)(H,23,27). The Balaban J connectivity index is 1.66. The SMILES string of the molecule is CN1CCN(C(CNC(=O)c2ccccc2)NC(=O)c2ccccc2)CC1. The molecular formula is C21H26N4O2. The molecule has 2 N–H and O–H groups in total. The molecule has 0 spiro atoms. The third-order valence-corrected chi connectivity index (χ3v) is 4.80. The van der Waals surface area contributed by atoms with Crippen molar-refractivity contribution in [2.24, 2.45) is 0 Å². The van der Waals surface area contributed by atoms with Gasteiger partial charge in [-0.2, -0.15) is 0 Å². The highest BCUT2D eigenvalue weighted by atomic mass is 16.2. The van der Waals surface area contributed by atoms with Crippen LogP contribution in [-0.2, 0) is 0 Å². The van der Waals surface area contributed by atoms with Gasteiger partial charge in [0, 0.05) is 37.3 Å². The summed E-state index contributed by atoms with van der Waals surface area (Å²) in [6.07, 6.45) is -0.251. The zero-order valence-electron chi connectivity index (χ0n) is 15.6. The Morgan fingerprint density at radius 1 is 0.852 bits per heavy atom. The van der Waals surface area contributed by atoms with Crippen LogP contribution in [0.25, 0.3) is 0 Å². The Morgan fingerprint density at radius 3 is 1.93 bits per heavy atom. The Kier molecular flexibility index (Phi) is 6.57. The molecule has 142 valence electrons. The lowest BCUT2D eigenvalue weighted by Gasteiger charge is -2.38. The number of rotatable bonds is 6. The van der Waals surface area contributed by atoms with E-state index in [-0.39, 0.29) is 18.0 Å². The number of nitrogens with zero attached hydrogens (tertiary/aromatic N) is 2. The second-order valence-corrected chi connectivity index (χ2v) is 6.77. The average molecular weight is 366 g/mol. The number of piperazine rings is 1. The van der Waals surface area contributed by atoms with Crippen LogP contribution in [0.1, 0.15) is 20.7 Å². The maximum absolute atomic E-state index is 12.6. The van der Waals surface area contributed by atoms with Crippen molar-refractivity contribution in [3.63, 3.8) is 0 Å². The van der Waals surface area contributed by atoms with Crippen molar-refractivity contribution >= 4 is 11.8 Å². The number of carbonyl (C=O) groups excluding carboxylic acids is 2. The van der Waals surface area contributed by atoms with Crippen LogP contribution in [0.4, 0.5) is 0 Å². The summed E-state index contributed by atoms with van der Waals surface area (Å²) in [7, 11) is 2.09. The highest BCUT2D eigenvalue weighted by molar-refractivity contribution is 5.95. The highest BCUT2D eigenvalue weighted by Gasteiger charge is 2.25. The number of carbonyl (C=O) groups is 2. The molecule has 0 radical (unpaired) electrons. The van der Waals surface area contributed by atoms with E-state index >= 15 is 0 Å². The number of amides is 2. The van der Waals surface area contributed by atoms with Crippen LogP contribution in [0.2, 0.25) is 0 Å². The van der Waals surface area contributed by atoms with Crippen molar-refractivity contribution in [1.82, 2.24) is 20.4 Å². The maximum Gasteiger partial charge on any atom is 0.252 e. The molecule has 1 aliphatic rings. The Morgan fingerprint density at radius 2 is 1.37 bits per heavy atom. The third-order valence-electron chi connectivity index (χ3n) is 4.80. The number of hydrogen-bond donors (Lipinski definition) is 2.